The van der Waals surface area contributed by atoms with E-state index in [0.29, 0.717) is 16.8 Å². The largest absolute Gasteiger partial charge is 0.310 e. The van der Waals surface area contributed by atoms with Crippen molar-refractivity contribution in [2.24, 2.45) is 0 Å². The quantitative estimate of drug-likeness (QED) is 0.792. The summed E-state index contributed by atoms with van der Waals surface area (Å²) in [6, 6.07) is 2.17. The minimum atomic E-state index is -3.34. The molecule has 116 valence electrons. The highest BCUT2D eigenvalue weighted by Crippen LogP contribution is 2.28. The molecule has 0 saturated heterocycles. The zero-order chi connectivity index (χ0) is 15.3. The monoisotopic (exact) mass is 336 g/mol. The van der Waals surface area contributed by atoms with Gasteiger partial charge >= 0.3 is 0 Å². The number of thiophene rings is 1. The van der Waals surface area contributed by atoms with Crippen LogP contribution in [0.2, 0.25) is 0 Å². The van der Waals surface area contributed by atoms with E-state index in [1.807, 2.05) is 13.2 Å². The molecule has 0 radical (unpaired) electrons. The van der Waals surface area contributed by atoms with E-state index in [4.69, 9.17) is 0 Å². The highest BCUT2D eigenvalue weighted by atomic mass is 32.2. The predicted molar refractivity (Wildman–Crippen MR) is 89.2 cm³/mol. The lowest BCUT2D eigenvalue weighted by atomic mass is 10.3. The number of hydrogen-bond acceptors (Lipinski definition) is 5. The Morgan fingerprint density at radius 1 is 1.45 bits per heavy atom. The summed E-state index contributed by atoms with van der Waals surface area (Å²) in [6.07, 6.45) is 1.98. The maximum absolute atomic E-state index is 12.4. The molecule has 0 unspecified atom stereocenters. The lowest BCUT2D eigenvalue weighted by molar-refractivity contribution is 0.490. The Kier molecular flexibility index (Phi) is 7.00. The van der Waals surface area contributed by atoms with Crippen molar-refractivity contribution in [1.82, 2.24) is 9.62 Å². The topological polar surface area (TPSA) is 49.4 Å². The van der Waals surface area contributed by atoms with Gasteiger partial charge in [-0.1, -0.05) is 13.8 Å². The molecule has 1 N–H and O–H groups in total. The molecule has 0 aliphatic heterocycles. The van der Waals surface area contributed by atoms with Crippen LogP contribution in [-0.4, -0.2) is 44.4 Å². The zero-order valence-corrected chi connectivity index (χ0v) is 15.2. The normalized spacial score (nSPS) is 12.6. The van der Waals surface area contributed by atoms with Gasteiger partial charge in [-0.05, 0) is 24.8 Å². The smallest absolute Gasteiger partial charge is 0.252 e. The second-order valence-electron chi connectivity index (χ2n) is 5.03. The summed E-state index contributed by atoms with van der Waals surface area (Å²) in [6.45, 7) is 7.39. The average Bonchev–Trinajstić information content (AvgIpc) is 2.75. The Morgan fingerprint density at radius 2 is 2.10 bits per heavy atom. The number of nitrogens with zero attached hydrogens (tertiary/aromatic N) is 1. The van der Waals surface area contributed by atoms with Gasteiger partial charge in [0.25, 0.3) is 10.0 Å². The van der Waals surface area contributed by atoms with E-state index in [1.54, 1.807) is 24.9 Å². The predicted octanol–water partition coefficient (Wildman–Crippen LogP) is 2.54. The molecule has 0 aliphatic carbocycles. The van der Waals surface area contributed by atoms with Gasteiger partial charge in [0.2, 0.25) is 0 Å². The van der Waals surface area contributed by atoms with E-state index in [0.717, 1.165) is 22.7 Å². The zero-order valence-electron chi connectivity index (χ0n) is 12.8. The molecule has 20 heavy (non-hydrogen) atoms. The third kappa shape index (κ3) is 4.73. The maximum atomic E-state index is 12.4. The van der Waals surface area contributed by atoms with Crippen LogP contribution >= 0.6 is 23.1 Å². The Morgan fingerprint density at radius 3 is 2.65 bits per heavy atom. The lowest BCUT2D eigenvalue weighted by Gasteiger charge is -2.15. The van der Waals surface area contributed by atoms with E-state index in [1.165, 1.54) is 15.6 Å². The molecular formula is C13H24N2O2S3. The molecule has 0 aliphatic rings. The summed E-state index contributed by atoms with van der Waals surface area (Å²) in [4.78, 5) is 1.09. The van der Waals surface area contributed by atoms with Crippen molar-refractivity contribution >= 4 is 33.1 Å². The summed E-state index contributed by atoms with van der Waals surface area (Å²) >= 11 is 3.02. The standard InChI is InChI=1S/C13H24N2O2S3/c1-10(2)14-9-12-11(3)8-13(19-12)20(16,17)15(4)6-7-18-5/h8,10,14H,6-7,9H2,1-5H3. The van der Waals surface area contributed by atoms with Gasteiger partial charge in [0.1, 0.15) is 4.21 Å². The van der Waals surface area contributed by atoms with E-state index in [-0.39, 0.29) is 0 Å². The molecule has 0 bridgehead atoms. The number of thioether (sulfide) groups is 1. The summed E-state index contributed by atoms with van der Waals surface area (Å²) in [5, 5.41) is 3.33. The van der Waals surface area contributed by atoms with E-state index in [9.17, 15) is 8.42 Å². The molecule has 1 aromatic heterocycles. The SMILES string of the molecule is CSCCN(C)S(=O)(=O)c1cc(C)c(CNC(C)C)s1. The van der Waals surface area contributed by atoms with Gasteiger partial charge in [0, 0.05) is 36.8 Å². The van der Waals surface area contributed by atoms with Crippen LogP contribution in [0.1, 0.15) is 24.3 Å². The average molecular weight is 337 g/mol. The fourth-order valence-electron chi connectivity index (χ4n) is 1.58. The van der Waals surface area contributed by atoms with Gasteiger partial charge in [-0.15, -0.1) is 11.3 Å². The molecule has 4 nitrogen and oxygen atoms in total. The van der Waals surface area contributed by atoms with Crippen molar-refractivity contribution in [1.29, 1.82) is 0 Å². The molecule has 0 aromatic carbocycles. The van der Waals surface area contributed by atoms with Crippen LogP contribution in [-0.2, 0) is 16.6 Å². The summed E-state index contributed by atoms with van der Waals surface area (Å²) in [7, 11) is -1.70. The van der Waals surface area contributed by atoms with Crippen molar-refractivity contribution in [3.8, 4) is 0 Å². The first-order valence-corrected chi connectivity index (χ1v) is 10.2. The molecule has 7 heteroatoms. The first-order chi connectivity index (χ1) is 9.28. The second-order valence-corrected chi connectivity index (χ2v) is 9.42. The number of nitrogens with one attached hydrogen (secondary N) is 1. The highest BCUT2D eigenvalue weighted by molar-refractivity contribution is 7.98. The van der Waals surface area contributed by atoms with Crippen LogP contribution in [0.15, 0.2) is 10.3 Å². The minimum absolute atomic E-state index is 0.390. The molecule has 1 heterocycles. The van der Waals surface area contributed by atoms with Gasteiger partial charge in [0.05, 0.1) is 0 Å². The summed E-state index contributed by atoms with van der Waals surface area (Å²) in [5.74, 6) is 0.807. The molecule has 0 saturated carbocycles. The lowest BCUT2D eigenvalue weighted by Crippen LogP contribution is -2.28. The fourth-order valence-corrected chi connectivity index (χ4v) is 5.08. The Bertz CT molecular complexity index is 524. The number of aryl methyl sites for hydroxylation is 1. The Balaban J connectivity index is 2.88. The van der Waals surface area contributed by atoms with E-state index < -0.39 is 10.0 Å². The third-order valence-electron chi connectivity index (χ3n) is 2.94. The summed E-state index contributed by atoms with van der Waals surface area (Å²) < 4.78 is 26.8. The van der Waals surface area contributed by atoms with Gasteiger partial charge in [-0.25, -0.2) is 8.42 Å². The van der Waals surface area contributed by atoms with Crippen molar-refractivity contribution in [2.75, 3.05) is 25.6 Å². The Labute approximate surface area is 131 Å². The molecule has 0 fully saturated rings. The van der Waals surface area contributed by atoms with Crippen LogP contribution in [0.25, 0.3) is 0 Å². The minimum Gasteiger partial charge on any atom is -0.310 e. The van der Waals surface area contributed by atoms with Crippen LogP contribution in [0.4, 0.5) is 0 Å². The molecule has 1 rings (SSSR count). The molecule has 0 amide bonds. The number of hydrogen-bond donors (Lipinski definition) is 1. The van der Waals surface area contributed by atoms with Gasteiger partial charge in [-0.2, -0.15) is 16.1 Å². The first-order valence-electron chi connectivity index (χ1n) is 6.57. The fraction of sp³-hybridized carbons (Fsp3) is 0.692. The third-order valence-corrected chi connectivity index (χ3v) is 7.08. The van der Waals surface area contributed by atoms with Gasteiger partial charge in [0.15, 0.2) is 0 Å². The van der Waals surface area contributed by atoms with Crippen LogP contribution in [0, 0.1) is 6.92 Å². The van der Waals surface area contributed by atoms with Crippen molar-refractivity contribution in [3.05, 3.63) is 16.5 Å². The molecular weight excluding hydrogens is 312 g/mol. The Hall–Kier alpha value is -0.0800. The number of sulfonamides is 1. The van der Waals surface area contributed by atoms with E-state index in [2.05, 4.69) is 19.2 Å². The molecule has 1 aromatic rings. The number of rotatable bonds is 8. The van der Waals surface area contributed by atoms with Crippen molar-refractivity contribution in [2.45, 2.75) is 37.6 Å². The first kappa shape index (κ1) is 18.0. The molecule has 0 spiro atoms. The van der Waals surface area contributed by atoms with Crippen molar-refractivity contribution in [3.63, 3.8) is 0 Å². The highest BCUT2D eigenvalue weighted by Gasteiger charge is 2.23. The van der Waals surface area contributed by atoms with Crippen LogP contribution in [0.3, 0.4) is 0 Å². The molecule has 0 atom stereocenters. The van der Waals surface area contributed by atoms with Gasteiger partial charge < -0.3 is 5.32 Å². The second kappa shape index (κ2) is 7.79. The van der Waals surface area contributed by atoms with Crippen molar-refractivity contribution < 1.29 is 8.42 Å². The maximum Gasteiger partial charge on any atom is 0.252 e. The van der Waals surface area contributed by atoms with Crippen LogP contribution in [0.5, 0.6) is 0 Å². The van der Waals surface area contributed by atoms with E-state index >= 15 is 0 Å². The van der Waals surface area contributed by atoms with Crippen LogP contribution < -0.4 is 5.32 Å². The van der Waals surface area contributed by atoms with Gasteiger partial charge in [-0.3, -0.25) is 0 Å². The summed E-state index contributed by atoms with van der Waals surface area (Å²) in [5.41, 5.74) is 1.04.